The topological polar surface area (TPSA) is 26.3 Å². The van der Waals surface area contributed by atoms with E-state index in [4.69, 9.17) is 8.83 Å². The van der Waals surface area contributed by atoms with Crippen LogP contribution in [0.25, 0.3) is 110 Å². The molecule has 0 aliphatic heterocycles. The molecule has 0 radical (unpaired) electrons. The average Bonchev–Trinajstić information content (AvgIpc) is 3.75. The van der Waals surface area contributed by atoms with Gasteiger partial charge in [-0.2, -0.15) is 0 Å². The highest BCUT2D eigenvalue weighted by Gasteiger charge is 2.22. The van der Waals surface area contributed by atoms with Crippen LogP contribution in [0, 0.1) is 0 Å². The van der Waals surface area contributed by atoms with Gasteiger partial charge in [0.1, 0.15) is 22.3 Å². The van der Waals surface area contributed by atoms with Gasteiger partial charge in [-0.05, 0) is 84.4 Å². The Balaban J connectivity index is 1.21. The fraction of sp³-hybridized carbons (Fsp3) is 0. The van der Waals surface area contributed by atoms with Crippen LogP contribution in [0.5, 0.6) is 0 Å². The molecule has 0 spiro atoms. The van der Waals surface area contributed by atoms with E-state index in [0.29, 0.717) is 0 Å². The Morgan fingerprint density at radius 1 is 0.300 bits per heavy atom. The number of benzene rings is 9. The second-order valence-electron chi connectivity index (χ2n) is 13.1. The molecule has 232 valence electrons. The van der Waals surface area contributed by atoms with Crippen molar-refractivity contribution in [2.24, 2.45) is 0 Å². The molecule has 0 atom stereocenters. The van der Waals surface area contributed by atoms with Crippen LogP contribution in [0.2, 0.25) is 0 Å². The van der Waals surface area contributed by atoms with Crippen molar-refractivity contribution in [3.05, 3.63) is 170 Å². The molecule has 9 aromatic carbocycles. The zero-order chi connectivity index (χ0) is 32.8. The van der Waals surface area contributed by atoms with Crippen LogP contribution in [0.3, 0.4) is 0 Å². The molecule has 0 aliphatic carbocycles. The number of hydrogen-bond donors (Lipinski definition) is 0. The van der Waals surface area contributed by atoms with Gasteiger partial charge in [0.2, 0.25) is 0 Å². The smallest absolute Gasteiger partial charge is 0.144 e. The van der Waals surface area contributed by atoms with Gasteiger partial charge in [0.05, 0.1) is 0 Å². The summed E-state index contributed by atoms with van der Waals surface area (Å²) in [6.07, 6.45) is 0. The molecule has 0 aliphatic rings. The Morgan fingerprint density at radius 3 is 1.54 bits per heavy atom. The highest BCUT2D eigenvalue weighted by atomic mass is 16.3. The largest absolute Gasteiger partial charge is 0.456 e. The third-order valence-electron chi connectivity index (χ3n) is 10.4. The quantitative estimate of drug-likeness (QED) is 0.180. The molecule has 0 unspecified atom stereocenters. The van der Waals surface area contributed by atoms with Crippen LogP contribution in [0.1, 0.15) is 0 Å². The lowest BCUT2D eigenvalue weighted by molar-refractivity contribution is 0.664. The Morgan fingerprint density at radius 2 is 0.820 bits per heavy atom. The van der Waals surface area contributed by atoms with Crippen LogP contribution < -0.4 is 0 Å². The van der Waals surface area contributed by atoms with E-state index < -0.39 is 0 Å². The maximum atomic E-state index is 6.71. The summed E-state index contributed by atoms with van der Waals surface area (Å²) in [5.41, 5.74) is 10.5. The van der Waals surface area contributed by atoms with E-state index in [2.05, 4.69) is 152 Å². The molecule has 0 saturated carbocycles. The summed E-state index contributed by atoms with van der Waals surface area (Å²) in [6, 6.07) is 60.8. The first-order valence-electron chi connectivity index (χ1n) is 17.1. The number of fused-ring (bicyclic) bond motifs is 10. The van der Waals surface area contributed by atoms with Crippen LogP contribution in [0.4, 0.5) is 0 Å². The van der Waals surface area contributed by atoms with Crippen LogP contribution in [-0.4, -0.2) is 0 Å². The Bertz CT molecular complexity index is 3090. The Labute approximate surface area is 287 Å². The van der Waals surface area contributed by atoms with E-state index in [1.165, 1.54) is 49.0 Å². The molecule has 50 heavy (non-hydrogen) atoms. The highest BCUT2D eigenvalue weighted by Crippen LogP contribution is 2.48. The minimum absolute atomic E-state index is 0.862. The van der Waals surface area contributed by atoms with Gasteiger partial charge in [-0.3, -0.25) is 0 Å². The van der Waals surface area contributed by atoms with E-state index in [0.717, 1.165) is 60.6 Å². The van der Waals surface area contributed by atoms with Crippen LogP contribution in [0.15, 0.2) is 179 Å². The van der Waals surface area contributed by atoms with Crippen molar-refractivity contribution in [1.82, 2.24) is 0 Å². The molecule has 11 rings (SSSR count). The zero-order valence-electron chi connectivity index (χ0n) is 27.0. The van der Waals surface area contributed by atoms with E-state index >= 15 is 0 Å². The Kier molecular flexibility index (Phi) is 5.70. The molecule has 0 fully saturated rings. The van der Waals surface area contributed by atoms with Crippen molar-refractivity contribution in [3.8, 4) is 33.4 Å². The first-order chi connectivity index (χ1) is 24.8. The minimum atomic E-state index is 0.862. The molecule has 0 amide bonds. The summed E-state index contributed by atoms with van der Waals surface area (Å²) in [4.78, 5) is 0. The normalized spacial score (nSPS) is 12.0. The van der Waals surface area contributed by atoms with Crippen LogP contribution in [-0.2, 0) is 0 Å². The van der Waals surface area contributed by atoms with Gasteiger partial charge in [-0.25, -0.2) is 0 Å². The standard InChI is InChI=1S/C48H28O2/c1-2-17-32-29(13-1)14-12-24-33(32)45-36-20-5-3-18-34(36)44(35-19-4-6-21-37(35)45)31-16-11-15-30(27-31)40-28-43-46(38-22-7-9-25-41(38)49-43)47-39-23-8-10-26-42(39)50-48(40)47/h1-28H. The lowest BCUT2D eigenvalue weighted by Crippen LogP contribution is -1.92. The van der Waals surface area contributed by atoms with Crippen molar-refractivity contribution >= 4 is 76.2 Å². The second-order valence-corrected chi connectivity index (χ2v) is 13.1. The predicted octanol–water partition coefficient (Wildman–Crippen LogP) is 13.9. The maximum absolute atomic E-state index is 6.71. The monoisotopic (exact) mass is 636 g/mol. The van der Waals surface area contributed by atoms with Crippen molar-refractivity contribution in [3.63, 3.8) is 0 Å². The summed E-state index contributed by atoms with van der Waals surface area (Å²) in [5, 5.41) is 11.8. The lowest BCUT2D eigenvalue weighted by atomic mass is 9.84. The van der Waals surface area contributed by atoms with E-state index in [1.54, 1.807) is 0 Å². The molecule has 0 bridgehead atoms. The molecule has 2 heterocycles. The van der Waals surface area contributed by atoms with Crippen molar-refractivity contribution in [2.45, 2.75) is 0 Å². The maximum Gasteiger partial charge on any atom is 0.144 e. The highest BCUT2D eigenvalue weighted by molar-refractivity contribution is 6.29. The fourth-order valence-electron chi connectivity index (χ4n) is 8.33. The minimum Gasteiger partial charge on any atom is -0.456 e. The van der Waals surface area contributed by atoms with Crippen molar-refractivity contribution < 1.29 is 8.83 Å². The predicted molar refractivity (Wildman–Crippen MR) is 210 cm³/mol. The number of rotatable bonds is 3. The van der Waals surface area contributed by atoms with Gasteiger partial charge in [-0.1, -0.05) is 146 Å². The fourth-order valence-corrected chi connectivity index (χ4v) is 8.33. The molecular weight excluding hydrogens is 609 g/mol. The van der Waals surface area contributed by atoms with E-state index in [1.807, 2.05) is 18.2 Å². The molecular formula is C48H28O2. The summed E-state index contributed by atoms with van der Waals surface area (Å²) >= 11 is 0. The number of hydrogen-bond acceptors (Lipinski definition) is 2. The molecule has 2 heteroatoms. The SMILES string of the molecule is c1cc(-c2c3ccccc3c(-c3cccc4ccccc34)c3ccccc23)cc(-c2cc3oc4ccccc4c3c3c2oc2ccccc23)c1. The molecule has 0 saturated heterocycles. The van der Waals surface area contributed by atoms with Crippen molar-refractivity contribution in [1.29, 1.82) is 0 Å². The Hall–Kier alpha value is -6.64. The third kappa shape index (κ3) is 3.85. The zero-order valence-corrected chi connectivity index (χ0v) is 27.0. The van der Waals surface area contributed by atoms with Gasteiger partial charge >= 0.3 is 0 Å². The lowest BCUT2D eigenvalue weighted by Gasteiger charge is -2.19. The van der Waals surface area contributed by atoms with Gasteiger partial charge < -0.3 is 8.83 Å². The average molecular weight is 637 g/mol. The van der Waals surface area contributed by atoms with Gasteiger partial charge in [0.25, 0.3) is 0 Å². The summed E-state index contributed by atoms with van der Waals surface area (Å²) in [7, 11) is 0. The second kappa shape index (κ2) is 10.4. The van der Waals surface area contributed by atoms with E-state index in [-0.39, 0.29) is 0 Å². The third-order valence-corrected chi connectivity index (χ3v) is 10.4. The van der Waals surface area contributed by atoms with Crippen molar-refractivity contribution in [2.75, 3.05) is 0 Å². The number of furan rings is 2. The van der Waals surface area contributed by atoms with Gasteiger partial charge in [0, 0.05) is 27.1 Å². The summed E-state index contributed by atoms with van der Waals surface area (Å²) in [5.74, 6) is 0. The van der Waals surface area contributed by atoms with E-state index in [9.17, 15) is 0 Å². The number of para-hydroxylation sites is 2. The molecule has 2 aromatic heterocycles. The van der Waals surface area contributed by atoms with Gasteiger partial charge in [-0.15, -0.1) is 0 Å². The summed E-state index contributed by atoms with van der Waals surface area (Å²) < 4.78 is 13.2. The first kappa shape index (κ1) is 27.3. The van der Waals surface area contributed by atoms with Crippen LogP contribution >= 0.6 is 0 Å². The van der Waals surface area contributed by atoms with Gasteiger partial charge in [0.15, 0.2) is 0 Å². The summed E-state index contributed by atoms with van der Waals surface area (Å²) in [6.45, 7) is 0. The molecule has 2 nitrogen and oxygen atoms in total. The molecule has 0 N–H and O–H groups in total. The first-order valence-corrected chi connectivity index (χ1v) is 17.1. The molecule has 11 aromatic rings.